The standard InChI is InChI=1S/C15H18/c1-4-6-13-9-14-8-7-11(3)15(14)10-12(13)5-2/h5-7,9-10H,4,8H2,1-3H3. The Labute approximate surface area is 91.6 Å². The largest absolute Gasteiger partial charge is 0.0798 e. The van der Waals surface area contributed by atoms with E-state index in [4.69, 9.17) is 0 Å². The van der Waals surface area contributed by atoms with Gasteiger partial charge >= 0.3 is 0 Å². The fourth-order valence-corrected chi connectivity index (χ4v) is 2.24. The summed E-state index contributed by atoms with van der Waals surface area (Å²) in [6.07, 6.45) is 9.04. The first-order valence-electron chi connectivity index (χ1n) is 5.73. The zero-order valence-corrected chi connectivity index (χ0v) is 9.80. The molecule has 0 bridgehead atoms. The molecule has 0 heteroatoms. The molecule has 0 saturated heterocycles. The second-order valence-corrected chi connectivity index (χ2v) is 4.13. The molecule has 0 nitrogen and oxygen atoms in total. The van der Waals surface area contributed by atoms with Crippen molar-refractivity contribution in [3.05, 3.63) is 39.8 Å². The van der Waals surface area contributed by atoms with Crippen molar-refractivity contribution < 1.29 is 0 Å². The van der Waals surface area contributed by atoms with Crippen LogP contribution in [0.15, 0.2) is 18.2 Å². The quantitative estimate of drug-likeness (QED) is 0.651. The third-order valence-electron chi connectivity index (χ3n) is 3.10. The normalized spacial score (nSPS) is 16.9. The van der Waals surface area contributed by atoms with Gasteiger partial charge < -0.3 is 0 Å². The Morgan fingerprint density at radius 1 is 1.27 bits per heavy atom. The lowest BCUT2D eigenvalue weighted by atomic mass is 10.0. The van der Waals surface area contributed by atoms with Crippen LogP contribution in [0.4, 0.5) is 0 Å². The van der Waals surface area contributed by atoms with E-state index in [-0.39, 0.29) is 0 Å². The minimum absolute atomic E-state index is 1.10. The molecule has 0 aromatic heterocycles. The third kappa shape index (κ3) is 1.77. The van der Waals surface area contributed by atoms with E-state index in [0.717, 1.165) is 12.8 Å². The number of hydrogen-bond acceptors (Lipinski definition) is 0. The van der Waals surface area contributed by atoms with Gasteiger partial charge in [0.15, 0.2) is 0 Å². The molecule has 1 aliphatic rings. The zero-order valence-electron chi connectivity index (χ0n) is 9.80. The molecule has 0 N–H and O–H groups in total. The van der Waals surface area contributed by atoms with E-state index >= 15 is 0 Å². The summed E-state index contributed by atoms with van der Waals surface area (Å²) in [7, 11) is 0. The average molecular weight is 198 g/mol. The first kappa shape index (κ1) is 10.2. The molecular weight excluding hydrogens is 180 g/mol. The first-order chi connectivity index (χ1) is 7.26. The maximum Gasteiger partial charge on any atom is -0.00853 e. The highest BCUT2D eigenvalue weighted by atomic mass is 14.1. The summed E-state index contributed by atoms with van der Waals surface area (Å²) in [5, 5.41) is 2.76. The van der Waals surface area contributed by atoms with E-state index in [9.17, 15) is 0 Å². The van der Waals surface area contributed by atoms with Gasteiger partial charge in [0.25, 0.3) is 0 Å². The van der Waals surface area contributed by atoms with Crippen LogP contribution in [0, 0.1) is 0 Å². The highest BCUT2D eigenvalue weighted by Crippen LogP contribution is 2.23. The monoisotopic (exact) mass is 198 g/mol. The van der Waals surface area contributed by atoms with Gasteiger partial charge in [-0.05, 0) is 59.9 Å². The second-order valence-electron chi connectivity index (χ2n) is 4.13. The molecule has 0 unspecified atom stereocenters. The summed E-state index contributed by atoms with van der Waals surface area (Å²) < 4.78 is 0. The lowest BCUT2D eigenvalue weighted by Crippen LogP contribution is -2.25. The molecule has 0 heterocycles. The fraction of sp³-hybridized carbons (Fsp3) is 0.333. The Morgan fingerprint density at radius 3 is 2.73 bits per heavy atom. The predicted molar refractivity (Wildman–Crippen MR) is 67.9 cm³/mol. The van der Waals surface area contributed by atoms with Crippen molar-refractivity contribution >= 4 is 17.7 Å². The van der Waals surface area contributed by atoms with Crippen molar-refractivity contribution in [2.45, 2.75) is 33.6 Å². The number of allylic oxidation sites excluding steroid dienone is 2. The molecular formula is C15H18. The van der Waals surface area contributed by atoms with Crippen molar-refractivity contribution in [3.63, 3.8) is 0 Å². The molecule has 0 spiro atoms. The Bertz CT molecular complexity index is 516. The van der Waals surface area contributed by atoms with E-state index in [1.807, 2.05) is 0 Å². The minimum Gasteiger partial charge on any atom is -0.0798 e. The zero-order chi connectivity index (χ0) is 10.8. The van der Waals surface area contributed by atoms with Crippen molar-refractivity contribution in [2.24, 2.45) is 0 Å². The Morgan fingerprint density at radius 2 is 2.07 bits per heavy atom. The summed E-state index contributed by atoms with van der Waals surface area (Å²) in [4.78, 5) is 0. The highest BCUT2D eigenvalue weighted by Gasteiger charge is 2.09. The van der Waals surface area contributed by atoms with Crippen LogP contribution in [0.2, 0.25) is 0 Å². The summed E-state index contributed by atoms with van der Waals surface area (Å²) in [5.74, 6) is 0. The van der Waals surface area contributed by atoms with Gasteiger partial charge in [-0.15, -0.1) is 0 Å². The molecule has 0 amide bonds. The van der Waals surface area contributed by atoms with Crippen molar-refractivity contribution in [3.8, 4) is 0 Å². The van der Waals surface area contributed by atoms with E-state index in [0.29, 0.717) is 0 Å². The summed E-state index contributed by atoms with van der Waals surface area (Å²) >= 11 is 0. The van der Waals surface area contributed by atoms with Crippen LogP contribution in [0.5, 0.6) is 0 Å². The Kier molecular flexibility index (Phi) is 2.77. The summed E-state index contributed by atoms with van der Waals surface area (Å²) in [5.41, 5.74) is 4.35. The van der Waals surface area contributed by atoms with Crippen molar-refractivity contribution in [2.75, 3.05) is 0 Å². The molecule has 0 radical (unpaired) electrons. The summed E-state index contributed by atoms with van der Waals surface area (Å²) in [6.45, 7) is 6.51. The van der Waals surface area contributed by atoms with Gasteiger partial charge in [-0.2, -0.15) is 0 Å². The van der Waals surface area contributed by atoms with Gasteiger partial charge in [0, 0.05) is 0 Å². The molecule has 15 heavy (non-hydrogen) atoms. The van der Waals surface area contributed by atoms with Gasteiger partial charge in [-0.3, -0.25) is 0 Å². The minimum atomic E-state index is 1.10. The van der Waals surface area contributed by atoms with E-state index in [1.54, 1.807) is 0 Å². The SMILES string of the molecule is CC=c1cc2c(cc1=CCC)CC=C2C. The number of hydrogen-bond donors (Lipinski definition) is 0. The van der Waals surface area contributed by atoms with Crippen LogP contribution in [-0.4, -0.2) is 0 Å². The van der Waals surface area contributed by atoms with Crippen LogP contribution in [0.1, 0.15) is 38.3 Å². The lowest BCUT2D eigenvalue weighted by Gasteiger charge is -2.02. The maximum absolute atomic E-state index is 2.35. The molecule has 78 valence electrons. The topological polar surface area (TPSA) is 0 Å². The smallest absolute Gasteiger partial charge is 0.00853 e. The fourth-order valence-electron chi connectivity index (χ4n) is 2.24. The van der Waals surface area contributed by atoms with E-state index < -0.39 is 0 Å². The number of fused-ring (bicyclic) bond motifs is 1. The van der Waals surface area contributed by atoms with Gasteiger partial charge in [0.1, 0.15) is 0 Å². The van der Waals surface area contributed by atoms with E-state index in [2.05, 4.69) is 51.1 Å². The molecule has 1 aliphatic carbocycles. The summed E-state index contributed by atoms with van der Waals surface area (Å²) in [6, 6.07) is 4.68. The molecule has 1 aromatic carbocycles. The second kappa shape index (κ2) is 4.06. The van der Waals surface area contributed by atoms with Gasteiger partial charge in [0.05, 0.1) is 0 Å². The van der Waals surface area contributed by atoms with Crippen molar-refractivity contribution in [1.82, 2.24) is 0 Å². The number of benzene rings is 1. The Hall–Kier alpha value is -1.30. The van der Waals surface area contributed by atoms with Crippen LogP contribution in [0.3, 0.4) is 0 Å². The van der Waals surface area contributed by atoms with Crippen LogP contribution < -0.4 is 10.4 Å². The molecule has 0 atom stereocenters. The number of rotatable bonds is 1. The van der Waals surface area contributed by atoms with Gasteiger partial charge in [0.2, 0.25) is 0 Å². The van der Waals surface area contributed by atoms with Crippen molar-refractivity contribution in [1.29, 1.82) is 0 Å². The van der Waals surface area contributed by atoms with Gasteiger partial charge in [-0.25, -0.2) is 0 Å². The molecule has 1 aromatic rings. The molecule has 0 fully saturated rings. The Balaban J connectivity index is 2.71. The van der Waals surface area contributed by atoms with Crippen LogP contribution in [-0.2, 0) is 6.42 Å². The van der Waals surface area contributed by atoms with Crippen LogP contribution in [0.25, 0.3) is 17.7 Å². The van der Waals surface area contributed by atoms with Gasteiger partial charge in [-0.1, -0.05) is 31.2 Å². The van der Waals surface area contributed by atoms with Crippen LogP contribution >= 0.6 is 0 Å². The molecule has 2 rings (SSSR count). The third-order valence-corrected chi connectivity index (χ3v) is 3.10. The first-order valence-corrected chi connectivity index (χ1v) is 5.73. The lowest BCUT2D eigenvalue weighted by molar-refractivity contribution is 1.25. The predicted octanol–water partition coefficient (Wildman–Crippen LogP) is 2.64. The molecule has 0 aliphatic heterocycles. The molecule has 0 saturated carbocycles. The highest BCUT2D eigenvalue weighted by molar-refractivity contribution is 5.71. The maximum atomic E-state index is 2.35. The average Bonchev–Trinajstić information content (AvgIpc) is 2.59. The van der Waals surface area contributed by atoms with E-state index in [1.165, 1.54) is 27.1 Å².